The molecular weight excluding hydrogens is 306 g/mol. The van der Waals surface area contributed by atoms with Crippen LogP contribution in [0.1, 0.15) is 9.68 Å². The maximum Gasteiger partial charge on any atom is 0.280 e. The first-order valence-electron chi connectivity index (χ1n) is 8.78. The van der Waals surface area contributed by atoms with Gasteiger partial charge in [0.25, 0.3) is 5.56 Å². The number of nitrogens with zero attached hydrogens (tertiary/aromatic N) is 2. The number of benzene rings is 2. The topological polar surface area (TPSA) is 80.1 Å². The number of methoxy groups -OCH3 is 1. The summed E-state index contributed by atoms with van der Waals surface area (Å²) in [5.74, 6) is 0.128. The number of ether oxygens (including phenoxy) is 1. The van der Waals surface area contributed by atoms with Crippen molar-refractivity contribution in [2.45, 2.75) is 6.61 Å². The van der Waals surface area contributed by atoms with Crippen molar-refractivity contribution in [2.75, 3.05) is 7.04 Å². The molecule has 24 heavy (non-hydrogen) atoms. The summed E-state index contributed by atoms with van der Waals surface area (Å²) >= 11 is 0. The molecule has 0 aliphatic heterocycles. The second-order valence-electron chi connectivity index (χ2n) is 5.41. The van der Waals surface area contributed by atoms with Crippen LogP contribution in [-0.4, -0.2) is 26.9 Å². The van der Waals surface area contributed by atoms with Crippen LogP contribution in [-0.2, 0) is 6.61 Å². The Morgan fingerprint density at radius 3 is 3.04 bits per heavy atom. The molecule has 0 spiro atoms. The smallest absolute Gasteiger partial charge is 0.280 e. The summed E-state index contributed by atoms with van der Waals surface area (Å²) in [7, 11) is -2.58. The first-order valence-corrected chi connectivity index (χ1v) is 7.28. The first-order chi connectivity index (χ1) is 12.9. The summed E-state index contributed by atoms with van der Waals surface area (Å²) in [4.78, 5) is 17.1. The Hall–Kier alpha value is -3.12. The van der Waals surface area contributed by atoms with E-state index < -0.39 is 7.04 Å². The molecular formula is C18H15N3O3. The van der Waals surface area contributed by atoms with Gasteiger partial charge in [0, 0.05) is 17.6 Å². The number of nitrogens with one attached hydrogen (secondary N) is 1. The fourth-order valence-electron chi connectivity index (χ4n) is 2.77. The van der Waals surface area contributed by atoms with E-state index >= 15 is 0 Å². The number of aromatic nitrogens is 3. The van der Waals surface area contributed by atoms with Crippen LogP contribution in [0, 0.1) is 0 Å². The lowest BCUT2D eigenvalue weighted by Gasteiger charge is -2.04. The quantitative estimate of drug-likeness (QED) is 0.606. The zero-order chi connectivity index (χ0) is 19.2. The van der Waals surface area contributed by atoms with E-state index in [1.165, 1.54) is 23.0 Å². The van der Waals surface area contributed by atoms with Crippen LogP contribution in [0.5, 0.6) is 5.75 Å². The van der Waals surface area contributed by atoms with Crippen molar-refractivity contribution in [1.29, 1.82) is 0 Å². The number of H-pyrrole nitrogens is 1. The molecule has 6 heteroatoms. The zero-order valence-corrected chi connectivity index (χ0v) is 12.5. The summed E-state index contributed by atoms with van der Waals surface area (Å²) in [6, 6.07) is 11.6. The average Bonchev–Trinajstić information content (AvgIpc) is 2.97. The molecule has 6 nitrogen and oxygen atoms in total. The standard InChI is InChI=1S/C18H15N3O3/c1-24-13-4-2-3-12(8-13)21-18(23)15-9-19-16-6-5-11(10-22)7-14(16)17(15)20-21/h2-9,20,22H,10H2,1H3/i1D3. The molecule has 0 aliphatic rings. The van der Waals surface area contributed by atoms with Gasteiger partial charge in [0.15, 0.2) is 0 Å². The molecule has 120 valence electrons. The molecule has 0 amide bonds. The first kappa shape index (κ1) is 11.4. The summed E-state index contributed by atoms with van der Waals surface area (Å²) in [6.07, 6.45) is 1.49. The van der Waals surface area contributed by atoms with E-state index in [4.69, 9.17) is 8.85 Å². The Morgan fingerprint density at radius 1 is 1.29 bits per heavy atom. The monoisotopic (exact) mass is 324 g/mol. The minimum Gasteiger partial charge on any atom is -0.497 e. The highest BCUT2D eigenvalue weighted by Gasteiger charge is 2.12. The second kappa shape index (κ2) is 5.50. The highest BCUT2D eigenvalue weighted by Crippen LogP contribution is 2.23. The third-order valence-corrected chi connectivity index (χ3v) is 3.97. The molecule has 0 radical (unpaired) electrons. The largest absolute Gasteiger partial charge is 0.497 e. The van der Waals surface area contributed by atoms with Gasteiger partial charge in [0.2, 0.25) is 0 Å². The number of fused-ring (bicyclic) bond motifs is 3. The van der Waals surface area contributed by atoms with Crippen LogP contribution in [0.4, 0.5) is 0 Å². The molecule has 2 aromatic carbocycles. The molecule has 0 atom stereocenters. The van der Waals surface area contributed by atoms with Gasteiger partial charge in [0.05, 0.1) is 39.9 Å². The van der Waals surface area contributed by atoms with Crippen LogP contribution in [0.15, 0.2) is 53.5 Å². The maximum atomic E-state index is 12.8. The molecule has 0 saturated carbocycles. The van der Waals surface area contributed by atoms with Crippen LogP contribution in [0.2, 0.25) is 0 Å². The Bertz CT molecular complexity index is 1210. The lowest BCUT2D eigenvalue weighted by atomic mass is 10.1. The SMILES string of the molecule is [2H]C([2H])([2H])Oc1cccc(-n2[nH]c3c(cnc4ccc(CO)cc43)c2=O)c1. The number of aliphatic hydroxyl groups is 1. The van der Waals surface area contributed by atoms with Crippen molar-refractivity contribution in [3.05, 3.63) is 64.6 Å². The van der Waals surface area contributed by atoms with Crippen molar-refractivity contribution < 1.29 is 14.0 Å². The van der Waals surface area contributed by atoms with Gasteiger partial charge in [-0.1, -0.05) is 12.1 Å². The van der Waals surface area contributed by atoms with E-state index in [-0.39, 0.29) is 17.9 Å². The highest BCUT2D eigenvalue weighted by atomic mass is 16.5. The molecule has 0 unspecified atom stereocenters. The molecule has 4 rings (SSSR count). The number of rotatable bonds is 3. The third kappa shape index (κ3) is 2.16. The van der Waals surface area contributed by atoms with E-state index in [0.717, 1.165) is 0 Å². The van der Waals surface area contributed by atoms with Crippen molar-refractivity contribution in [2.24, 2.45) is 0 Å². The molecule has 2 aromatic heterocycles. The molecule has 0 saturated heterocycles. The Kier molecular flexibility index (Phi) is 2.62. The van der Waals surface area contributed by atoms with E-state index in [1.807, 2.05) is 0 Å². The van der Waals surface area contributed by atoms with Crippen LogP contribution in [0.25, 0.3) is 27.5 Å². The minimum atomic E-state index is -2.58. The van der Waals surface area contributed by atoms with E-state index in [1.54, 1.807) is 30.3 Å². The normalized spacial score (nSPS) is 13.6. The lowest BCUT2D eigenvalue weighted by molar-refractivity contribution is 0.282. The molecule has 0 bridgehead atoms. The highest BCUT2D eigenvalue weighted by molar-refractivity contribution is 6.03. The van der Waals surface area contributed by atoms with Gasteiger partial charge >= 0.3 is 0 Å². The molecule has 4 aromatic rings. The van der Waals surface area contributed by atoms with E-state index in [2.05, 4.69) is 10.1 Å². The Balaban J connectivity index is 1.90. The predicted octanol–water partition coefficient (Wildman–Crippen LogP) is 2.37. The molecule has 2 N–H and O–H groups in total. The van der Waals surface area contributed by atoms with Gasteiger partial charge in [-0.2, -0.15) is 0 Å². The van der Waals surface area contributed by atoms with Crippen LogP contribution < -0.4 is 10.3 Å². The molecule has 0 aliphatic carbocycles. The van der Waals surface area contributed by atoms with Gasteiger partial charge in [-0.3, -0.25) is 14.9 Å². The van der Waals surface area contributed by atoms with Gasteiger partial charge in [0.1, 0.15) is 5.75 Å². The van der Waals surface area contributed by atoms with Gasteiger partial charge in [-0.15, -0.1) is 0 Å². The van der Waals surface area contributed by atoms with E-state index in [9.17, 15) is 9.90 Å². The fourth-order valence-corrected chi connectivity index (χ4v) is 2.77. The number of pyridine rings is 1. The summed E-state index contributed by atoms with van der Waals surface area (Å²) < 4.78 is 27.8. The predicted molar refractivity (Wildman–Crippen MR) is 91.7 cm³/mol. The Morgan fingerprint density at radius 2 is 2.21 bits per heavy atom. The number of hydrogen-bond donors (Lipinski definition) is 2. The molecule has 2 heterocycles. The summed E-state index contributed by atoms with van der Waals surface area (Å²) in [6.45, 7) is -0.119. The zero-order valence-electron chi connectivity index (χ0n) is 15.5. The number of aromatic amines is 1. The number of hydrogen-bond acceptors (Lipinski definition) is 4. The summed E-state index contributed by atoms with van der Waals surface area (Å²) in [5.41, 5.74) is 2.10. The van der Waals surface area contributed by atoms with E-state index in [0.29, 0.717) is 33.1 Å². The van der Waals surface area contributed by atoms with Crippen molar-refractivity contribution in [3.8, 4) is 11.4 Å². The van der Waals surface area contributed by atoms with Crippen LogP contribution >= 0.6 is 0 Å². The minimum absolute atomic E-state index is 0.119. The van der Waals surface area contributed by atoms with Gasteiger partial charge in [-0.05, 0) is 29.8 Å². The maximum absolute atomic E-state index is 12.8. The van der Waals surface area contributed by atoms with Gasteiger partial charge in [-0.25, -0.2) is 4.68 Å². The van der Waals surface area contributed by atoms with Crippen molar-refractivity contribution in [3.63, 3.8) is 0 Å². The average molecular weight is 324 g/mol. The summed E-state index contributed by atoms with van der Waals surface area (Å²) in [5, 5.41) is 13.5. The third-order valence-electron chi connectivity index (χ3n) is 3.97. The molecule has 0 fully saturated rings. The Labute approximate surface area is 141 Å². The van der Waals surface area contributed by atoms with Crippen LogP contribution in [0.3, 0.4) is 0 Å². The fraction of sp³-hybridized carbons (Fsp3) is 0.111. The van der Waals surface area contributed by atoms with Crippen molar-refractivity contribution >= 4 is 21.8 Å². The number of aliphatic hydroxyl groups excluding tert-OH is 1. The van der Waals surface area contributed by atoms with Gasteiger partial charge < -0.3 is 9.84 Å². The lowest BCUT2D eigenvalue weighted by Crippen LogP contribution is -2.14. The second-order valence-corrected chi connectivity index (χ2v) is 5.41. The van der Waals surface area contributed by atoms with Crippen molar-refractivity contribution in [1.82, 2.24) is 14.8 Å².